The van der Waals surface area contributed by atoms with Crippen LogP contribution >= 0.6 is 15.9 Å². The van der Waals surface area contributed by atoms with Crippen LogP contribution in [0.15, 0.2) is 10.5 Å². The molecule has 0 radical (unpaired) electrons. The summed E-state index contributed by atoms with van der Waals surface area (Å²) in [5, 5.41) is 10.2. The van der Waals surface area contributed by atoms with Crippen molar-refractivity contribution in [3.63, 3.8) is 0 Å². The highest BCUT2D eigenvalue weighted by Gasteiger charge is 2.25. The fourth-order valence-electron chi connectivity index (χ4n) is 2.45. The van der Waals surface area contributed by atoms with E-state index in [1.165, 1.54) is 0 Å². The number of halogens is 1. The van der Waals surface area contributed by atoms with Gasteiger partial charge in [0.05, 0.1) is 24.8 Å². The third kappa shape index (κ3) is 2.29. The Labute approximate surface area is 110 Å². The Kier molecular flexibility index (Phi) is 3.94. The van der Waals surface area contributed by atoms with Gasteiger partial charge in [-0.1, -0.05) is 6.42 Å². The first-order valence-electron chi connectivity index (χ1n) is 5.80. The van der Waals surface area contributed by atoms with Gasteiger partial charge in [0.25, 0.3) is 0 Å². The summed E-state index contributed by atoms with van der Waals surface area (Å²) in [7, 11) is 3.29. The van der Waals surface area contributed by atoms with Gasteiger partial charge in [-0.05, 0) is 41.3 Å². The number of fused-ring (bicyclic) bond motifs is 1. The molecule has 1 atom stereocenters. The van der Waals surface area contributed by atoms with Crippen molar-refractivity contribution in [1.29, 1.82) is 0 Å². The molecule has 0 fully saturated rings. The molecule has 3 nitrogen and oxygen atoms in total. The first-order valence-corrected chi connectivity index (χ1v) is 6.59. The van der Waals surface area contributed by atoms with E-state index in [2.05, 4.69) is 15.9 Å². The highest BCUT2D eigenvalue weighted by atomic mass is 79.9. The lowest BCUT2D eigenvalue weighted by molar-refractivity contribution is 0.162. The summed E-state index contributed by atoms with van der Waals surface area (Å²) < 4.78 is 11.6. The molecule has 1 unspecified atom stereocenters. The van der Waals surface area contributed by atoms with Crippen molar-refractivity contribution in [2.24, 2.45) is 0 Å². The number of hydrogen-bond donors (Lipinski definition) is 1. The number of aliphatic hydroxyl groups is 1. The predicted octanol–water partition coefficient (Wildman–Crippen LogP) is 3.23. The molecular formula is C13H17BrO3. The third-order valence-corrected chi connectivity index (χ3v) is 3.84. The Morgan fingerprint density at radius 3 is 2.71 bits per heavy atom. The van der Waals surface area contributed by atoms with E-state index in [4.69, 9.17) is 9.47 Å². The molecule has 1 aliphatic carbocycles. The molecule has 0 aromatic heterocycles. The smallest absolute Gasteiger partial charge is 0.139 e. The maximum Gasteiger partial charge on any atom is 0.139 e. The third-order valence-electron chi connectivity index (χ3n) is 3.25. The van der Waals surface area contributed by atoms with Crippen LogP contribution in [0.25, 0.3) is 0 Å². The Hall–Kier alpha value is -0.740. The van der Waals surface area contributed by atoms with Crippen molar-refractivity contribution in [1.82, 2.24) is 0 Å². The number of methoxy groups -OCH3 is 2. The zero-order valence-electron chi connectivity index (χ0n) is 10.1. The van der Waals surface area contributed by atoms with Crippen LogP contribution in [0.2, 0.25) is 0 Å². The highest BCUT2D eigenvalue weighted by Crippen LogP contribution is 2.44. The summed E-state index contributed by atoms with van der Waals surface area (Å²) >= 11 is 3.46. The lowest BCUT2D eigenvalue weighted by Crippen LogP contribution is -2.05. The van der Waals surface area contributed by atoms with E-state index in [0.29, 0.717) is 0 Å². The maximum atomic E-state index is 10.2. The van der Waals surface area contributed by atoms with Crippen LogP contribution in [0, 0.1) is 0 Å². The van der Waals surface area contributed by atoms with Gasteiger partial charge in [-0.25, -0.2) is 0 Å². The molecule has 94 valence electrons. The Morgan fingerprint density at radius 2 is 2.06 bits per heavy atom. The van der Waals surface area contributed by atoms with Crippen LogP contribution in [0.1, 0.15) is 36.5 Å². The first-order chi connectivity index (χ1) is 8.19. The van der Waals surface area contributed by atoms with Crippen molar-refractivity contribution in [3.8, 4) is 11.5 Å². The molecule has 17 heavy (non-hydrogen) atoms. The van der Waals surface area contributed by atoms with Crippen LogP contribution in [-0.4, -0.2) is 19.3 Å². The van der Waals surface area contributed by atoms with Gasteiger partial charge in [-0.2, -0.15) is 0 Å². The van der Waals surface area contributed by atoms with Crippen LogP contribution in [0.4, 0.5) is 0 Å². The number of benzene rings is 1. The second-order valence-corrected chi connectivity index (χ2v) is 5.10. The fraction of sp³-hybridized carbons (Fsp3) is 0.538. The molecule has 1 aromatic rings. The lowest BCUT2D eigenvalue weighted by Gasteiger charge is -2.20. The minimum Gasteiger partial charge on any atom is -0.496 e. The monoisotopic (exact) mass is 300 g/mol. The standard InChI is InChI=1S/C13H17BrO3/c1-16-11-7-9(14)13(17-2)12-8(11)5-3-4-6-10(12)15/h7,10,15H,3-6H2,1-2H3. The molecule has 0 saturated carbocycles. The van der Waals surface area contributed by atoms with Gasteiger partial charge in [-0.15, -0.1) is 0 Å². The molecule has 0 aliphatic heterocycles. The largest absolute Gasteiger partial charge is 0.496 e. The van der Waals surface area contributed by atoms with Crippen LogP contribution in [0.5, 0.6) is 11.5 Å². The second kappa shape index (κ2) is 5.27. The van der Waals surface area contributed by atoms with Gasteiger partial charge < -0.3 is 14.6 Å². The van der Waals surface area contributed by atoms with Gasteiger partial charge >= 0.3 is 0 Å². The molecule has 0 amide bonds. The van der Waals surface area contributed by atoms with Gasteiger partial charge in [0.1, 0.15) is 11.5 Å². The van der Waals surface area contributed by atoms with Gasteiger partial charge in [0.2, 0.25) is 0 Å². The minimum absolute atomic E-state index is 0.464. The maximum absolute atomic E-state index is 10.2. The van der Waals surface area contributed by atoms with Crippen molar-refractivity contribution < 1.29 is 14.6 Å². The van der Waals surface area contributed by atoms with Crippen LogP contribution in [0.3, 0.4) is 0 Å². The number of rotatable bonds is 2. The normalized spacial score (nSPS) is 19.4. The molecule has 4 heteroatoms. The molecule has 0 bridgehead atoms. The summed E-state index contributed by atoms with van der Waals surface area (Å²) in [6, 6.07) is 1.91. The molecule has 2 rings (SSSR count). The quantitative estimate of drug-likeness (QED) is 0.852. The van der Waals surface area contributed by atoms with Gasteiger partial charge in [-0.3, -0.25) is 0 Å². The molecule has 0 spiro atoms. The van der Waals surface area contributed by atoms with Crippen LogP contribution in [-0.2, 0) is 6.42 Å². The molecule has 1 aromatic carbocycles. The summed E-state index contributed by atoms with van der Waals surface area (Å²) in [5.74, 6) is 1.56. The van der Waals surface area contributed by atoms with Crippen molar-refractivity contribution in [2.45, 2.75) is 31.8 Å². The molecule has 0 heterocycles. The van der Waals surface area contributed by atoms with E-state index in [0.717, 1.165) is 52.8 Å². The topological polar surface area (TPSA) is 38.7 Å². The summed E-state index contributed by atoms with van der Waals surface area (Å²) in [4.78, 5) is 0. The van der Waals surface area contributed by atoms with E-state index in [1.54, 1.807) is 14.2 Å². The SMILES string of the molecule is COc1cc(Br)c(OC)c2c1CCCCC2O. The predicted molar refractivity (Wildman–Crippen MR) is 69.8 cm³/mol. The van der Waals surface area contributed by atoms with Gasteiger partial charge in [0.15, 0.2) is 0 Å². The van der Waals surface area contributed by atoms with E-state index in [9.17, 15) is 5.11 Å². The number of hydrogen-bond acceptors (Lipinski definition) is 3. The lowest BCUT2D eigenvalue weighted by atomic mass is 9.98. The van der Waals surface area contributed by atoms with E-state index < -0.39 is 6.10 Å². The zero-order chi connectivity index (χ0) is 12.4. The van der Waals surface area contributed by atoms with Crippen molar-refractivity contribution >= 4 is 15.9 Å². The van der Waals surface area contributed by atoms with E-state index in [-0.39, 0.29) is 0 Å². The zero-order valence-corrected chi connectivity index (χ0v) is 11.7. The van der Waals surface area contributed by atoms with E-state index in [1.807, 2.05) is 6.07 Å². The first kappa shape index (κ1) is 12.7. The van der Waals surface area contributed by atoms with Crippen molar-refractivity contribution in [2.75, 3.05) is 14.2 Å². The van der Waals surface area contributed by atoms with Crippen LogP contribution < -0.4 is 9.47 Å². The Morgan fingerprint density at radius 1 is 1.29 bits per heavy atom. The minimum atomic E-state index is -0.464. The average Bonchev–Trinajstić information content (AvgIpc) is 2.51. The number of aliphatic hydroxyl groups excluding tert-OH is 1. The molecule has 0 saturated heterocycles. The highest BCUT2D eigenvalue weighted by molar-refractivity contribution is 9.10. The molecule has 1 N–H and O–H groups in total. The Balaban J connectivity index is 2.65. The number of ether oxygens (including phenoxy) is 2. The summed E-state index contributed by atoms with van der Waals surface area (Å²) in [6.45, 7) is 0. The van der Waals surface area contributed by atoms with Crippen molar-refractivity contribution in [3.05, 3.63) is 21.7 Å². The summed E-state index contributed by atoms with van der Waals surface area (Å²) in [6.07, 6.45) is 3.35. The van der Waals surface area contributed by atoms with Gasteiger partial charge in [0, 0.05) is 11.1 Å². The fourth-order valence-corrected chi connectivity index (χ4v) is 3.03. The molecular weight excluding hydrogens is 284 g/mol. The average molecular weight is 301 g/mol. The Bertz CT molecular complexity index is 418. The summed E-state index contributed by atoms with van der Waals surface area (Å²) in [5.41, 5.74) is 1.97. The van der Waals surface area contributed by atoms with E-state index >= 15 is 0 Å². The molecule has 1 aliphatic rings. The second-order valence-electron chi connectivity index (χ2n) is 4.25.